The molecule has 0 aliphatic heterocycles. The van der Waals surface area contributed by atoms with Gasteiger partial charge in [0.1, 0.15) is 5.60 Å². The van der Waals surface area contributed by atoms with Gasteiger partial charge in [-0.2, -0.15) is 5.26 Å². The summed E-state index contributed by atoms with van der Waals surface area (Å²) >= 11 is 0. The molecule has 0 aromatic heterocycles. The number of amides is 1. The van der Waals surface area contributed by atoms with Gasteiger partial charge in [0.2, 0.25) is 0 Å². The summed E-state index contributed by atoms with van der Waals surface area (Å²) in [5.74, 6) is 0. The van der Waals surface area contributed by atoms with Crippen molar-refractivity contribution in [2.75, 3.05) is 13.1 Å². The van der Waals surface area contributed by atoms with Crippen molar-refractivity contribution >= 4 is 6.09 Å². The lowest BCUT2D eigenvalue weighted by Gasteiger charge is -2.28. The Morgan fingerprint density at radius 2 is 1.91 bits per heavy atom. The minimum Gasteiger partial charge on any atom is -0.444 e. The average Bonchev–Trinajstić information content (AvgIpc) is 2.38. The van der Waals surface area contributed by atoms with Gasteiger partial charge < -0.3 is 15.4 Å². The van der Waals surface area contributed by atoms with Crippen molar-refractivity contribution in [3.63, 3.8) is 0 Å². The van der Waals surface area contributed by atoms with E-state index in [1.807, 2.05) is 20.8 Å². The lowest BCUT2D eigenvalue weighted by Crippen LogP contribution is -2.45. The topological polar surface area (TPSA) is 74.2 Å². The highest BCUT2D eigenvalue weighted by atomic mass is 16.6. The zero-order valence-corrected chi connectivity index (χ0v) is 15.1. The van der Waals surface area contributed by atoms with Crippen LogP contribution in [0.25, 0.3) is 0 Å². The van der Waals surface area contributed by atoms with E-state index in [4.69, 9.17) is 10.00 Å². The Balaban J connectivity index is 4.26. The average molecular weight is 311 g/mol. The molecule has 22 heavy (non-hydrogen) atoms. The highest BCUT2D eigenvalue weighted by Gasteiger charge is 2.20. The Morgan fingerprint density at radius 3 is 2.41 bits per heavy atom. The summed E-state index contributed by atoms with van der Waals surface area (Å²) in [6.45, 7) is 13.4. The predicted octanol–water partition coefficient (Wildman–Crippen LogP) is 3.60. The molecule has 1 unspecified atom stereocenters. The quantitative estimate of drug-likeness (QED) is 0.682. The van der Waals surface area contributed by atoms with Crippen LogP contribution in [0.1, 0.15) is 67.2 Å². The third-order valence-corrected chi connectivity index (χ3v) is 3.31. The number of ether oxygens (including phenoxy) is 1. The van der Waals surface area contributed by atoms with Crippen molar-refractivity contribution in [1.82, 2.24) is 10.6 Å². The van der Waals surface area contributed by atoms with Gasteiger partial charge >= 0.3 is 6.09 Å². The van der Waals surface area contributed by atoms with E-state index in [2.05, 4.69) is 37.5 Å². The zero-order chi connectivity index (χ0) is 17.2. The molecule has 0 spiro atoms. The fraction of sp³-hybridized carbons (Fsp3) is 0.882. The summed E-state index contributed by atoms with van der Waals surface area (Å²) in [4.78, 5) is 11.7. The third kappa shape index (κ3) is 11.4. The van der Waals surface area contributed by atoms with E-state index in [9.17, 15) is 4.79 Å². The first kappa shape index (κ1) is 20.7. The van der Waals surface area contributed by atoms with Crippen molar-refractivity contribution in [1.29, 1.82) is 5.26 Å². The monoisotopic (exact) mass is 311 g/mol. The Labute approximate surface area is 135 Å². The number of alkyl carbamates (subject to hydrolysis) is 1. The second-order valence-corrected chi connectivity index (χ2v) is 7.57. The number of carbonyl (C=O) groups excluding carboxylic acids is 1. The molecular weight excluding hydrogens is 278 g/mol. The molecule has 0 bridgehead atoms. The molecule has 5 nitrogen and oxygen atoms in total. The molecule has 0 radical (unpaired) electrons. The lowest BCUT2D eigenvalue weighted by molar-refractivity contribution is 0.0521. The molecule has 128 valence electrons. The van der Waals surface area contributed by atoms with Crippen molar-refractivity contribution in [3.05, 3.63) is 0 Å². The summed E-state index contributed by atoms with van der Waals surface area (Å²) < 4.78 is 5.25. The summed E-state index contributed by atoms with van der Waals surface area (Å²) in [6, 6.07) is 2.42. The Hall–Kier alpha value is -1.28. The number of nitrogens with one attached hydrogen (secondary N) is 2. The van der Waals surface area contributed by atoms with Crippen molar-refractivity contribution in [2.45, 2.75) is 78.9 Å². The van der Waals surface area contributed by atoms with Gasteiger partial charge in [-0.15, -0.1) is 0 Å². The Kier molecular flexibility index (Phi) is 9.12. The number of hydrogen-bond donors (Lipinski definition) is 2. The minimum atomic E-state index is -0.475. The number of carbonyl (C=O) groups is 1. The second kappa shape index (κ2) is 9.68. The molecule has 0 aliphatic rings. The molecule has 0 aliphatic carbocycles. The molecule has 0 rings (SSSR count). The lowest BCUT2D eigenvalue weighted by atomic mass is 9.87. The first-order valence-electron chi connectivity index (χ1n) is 8.17. The summed E-state index contributed by atoms with van der Waals surface area (Å²) in [7, 11) is 0. The summed E-state index contributed by atoms with van der Waals surface area (Å²) in [5, 5.41) is 15.0. The van der Waals surface area contributed by atoms with Crippen LogP contribution >= 0.6 is 0 Å². The van der Waals surface area contributed by atoms with E-state index in [-0.39, 0.29) is 17.6 Å². The maximum Gasteiger partial charge on any atom is 0.407 e. The molecule has 0 fully saturated rings. The van der Waals surface area contributed by atoms with Crippen LogP contribution in [-0.4, -0.2) is 30.8 Å². The predicted molar refractivity (Wildman–Crippen MR) is 89.6 cm³/mol. The van der Waals surface area contributed by atoms with Gasteiger partial charge in [0.25, 0.3) is 0 Å². The van der Waals surface area contributed by atoms with Crippen LogP contribution in [0.3, 0.4) is 0 Å². The van der Waals surface area contributed by atoms with Gasteiger partial charge in [0.15, 0.2) is 0 Å². The van der Waals surface area contributed by atoms with E-state index >= 15 is 0 Å². The normalized spacial score (nSPS) is 13.3. The van der Waals surface area contributed by atoms with Crippen LogP contribution in [0.15, 0.2) is 0 Å². The highest BCUT2D eigenvalue weighted by Crippen LogP contribution is 2.21. The van der Waals surface area contributed by atoms with Crippen LogP contribution in [0.2, 0.25) is 0 Å². The Morgan fingerprint density at radius 1 is 1.27 bits per heavy atom. The summed E-state index contributed by atoms with van der Waals surface area (Å²) in [5.41, 5.74) is -0.398. The van der Waals surface area contributed by atoms with E-state index < -0.39 is 5.60 Å². The van der Waals surface area contributed by atoms with Crippen molar-refractivity contribution in [2.24, 2.45) is 5.41 Å². The molecule has 0 saturated carbocycles. The second-order valence-electron chi connectivity index (χ2n) is 7.57. The number of nitriles is 1. The first-order chi connectivity index (χ1) is 10.1. The smallest absolute Gasteiger partial charge is 0.407 e. The van der Waals surface area contributed by atoms with Gasteiger partial charge in [-0.25, -0.2) is 4.79 Å². The van der Waals surface area contributed by atoms with Crippen LogP contribution in [0.5, 0.6) is 0 Å². The van der Waals surface area contributed by atoms with E-state index in [0.717, 1.165) is 25.8 Å². The minimum absolute atomic E-state index is 0.0770. The summed E-state index contributed by atoms with van der Waals surface area (Å²) in [6.07, 6.45) is 3.10. The standard InChI is InChI=1S/C17H33N3O2/c1-7-9-14(12-19-15(21)22-16(2,3)4)20-13-17(5,6)10-8-11-18/h14,20H,7-10,12-13H2,1-6H3,(H,19,21). The molecule has 1 amide bonds. The van der Waals surface area contributed by atoms with Gasteiger partial charge in [0.05, 0.1) is 6.07 Å². The van der Waals surface area contributed by atoms with E-state index in [1.54, 1.807) is 0 Å². The molecular formula is C17H33N3O2. The highest BCUT2D eigenvalue weighted by molar-refractivity contribution is 5.67. The van der Waals surface area contributed by atoms with Gasteiger partial charge in [-0.3, -0.25) is 0 Å². The maximum atomic E-state index is 11.7. The van der Waals surface area contributed by atoms with Gasteiger partial charge in [0, 0.05) is 25.6 Å². The maximum absolute atomic E-state index is 11.7. The molecule has 0 heterocycles. The molecule has 1 atom stereocenters. The number of hydrogen-bond acceptors (Lipinski definition) is 4. The first-order valence-corrected chi connectivity index (χ1v) is 8.17. The van der Waals surface area contributed by atoms with Crippen LogP contribution in [-0.2, 0) is 4.74 Å². The van der Waals surface area contributed by atoms with Crippen molar-refractivity contribution in [3.8, 4) is 6.07 Å². The van der Waals surface area contributed by atoms with E-state index in [0.29, 0.717) is 13.0 Å². The van der Waals surface area contributed by atoms with Crippen LogP contribution in [0.4, 0.5) is 4.79 Å². The van der Waals surface area contributed by atoms with Crippen molar-refractivity contribution < 1.29 is 9.53 Å². The third-order valence-electron chi connectivity index (χ3n) is 3.31. The molecule has 0 aromatic carbocycles. The molecule has 0 aromatic rings. The van der Waals surface area contributed by atoms with Gasteiger partial charge in [-0.05, 0) is 39.0 Å². The van der Waals surface area contributed by atoms with E-state index in [1.165, 1.54) is 0 Å². The Bertz CT molecular complexity index is 367. The number of nitrogens with zero attached hydrogens (tertiary/aromatic N) is 1. The van der Waals surface area contributed by atoms with Crippen LogP contribution < -0.4 is 10.6 Å². The largest absolute Gasteiger partial charge is 0.444 e. The molecule has 2 N–H and O–H groups in total. The van der Waals surface area contributed by atoms with Crippen LogP contribution in [0, 0.1) is 16.7 Å². The molecule has 0 saturated heterocycles. The molecule has 5 heteroatoms. The fourth-order valence-electron chi connectivity index (χ4n) is 2.05. The SMILES string of the molecule is CCCC(CNC(=O)OC(C)(C)C)NCC(C)(C)CCC#N. The van der Waals surface area contributed by atoms with Gasteiger partial charge in [-0.1, -0.05) is 27.2 Å². The zero-order valence-electron chi connectivity index (χ0n) is 15.1. The number of rotatable bonds is 9. The fourth-order valence-corrected chi connectivity index (χ4v) is 2.05.